The Balaban J connectivity index is 2.98. The molecular formula is C9H12BFO3. The summed E-state index contributed by atoms with van der Waals surface area (Å²) in [6.07, 6.45) is 0. The van der Waals surface area contributed by atoms with Crippen LogP contribution in [0.15, 0.2) is 18.2 Å². The fraction of sp³-hybridized carbons (Fsp3) is 0.333. The summed E-state index contributed by atoms with van der Waals surface area (Å²) in [7, 11) is 3.95. The maximum absolute atomic E-state index is 13.0. The van der Waals surface area contributed by atoms with E-state index in [1.54, 1.807) is 12.1 Å². The van der Waals surface area contributed by atoms with Crippen LogP contribution in [0, 0.1) is 5.82 Å². The molecule has 1 rings (SSSR count). The zero-order chi connectivity index (χ0) is 10.6. The lowest BCUT2D eigenvalue weighted by atomic mass is 9.79. The third kappa shape index (κ3) is 2.24. The summed E-state index contributed by atoms with van der Waals surface area (Å²) in [6.45, 7) is 0. The fourth-order valence-electron chi connectivity index (χ4n) is 1.19. The van der Waals surface area contributed by atoms with Gasteiger partial charge in [-0.1, -0.05) is 6.07 Å². The lowest BCUT2D eigenvalue weighted by Gasteiger charge is -2.10. The molecule has 0 radical (unpaired) electrons. The number of rotatable bonds is 4. The quantitative estimate of drug-likeness (QED) is 0.670. The Labute approximate surface area is 82.9 Å². The summed E-state index contributed by atoms with van der Waals surface area (Å²) in [4.78, 5) is 0. The van der Waals surface area contributed by atoms with E-state index in [1.165, 1.54) is 27.4 Å². The monoisotopic (exact) mass is 198 g/mol. The lowest BCUT2D eigenvalue weighted by Crippen LogP contribution is -2.34. The molecule has 0 spiro atoms. The first-order valence-corrected chi connectivity index (χ1v) is 4.12. The maximum Gasteiger partial charge on any atom is 0.493 e. The Morgan fingerprint density at radius 1 is 1.14 bits per heavy atom. The van der Waals surface area contributed by atoms with Crippen molar-refractivity contribution in [3.63, 3.8) is 0 Å². The standard InChI is InChI=1S/C9H12BFO3/c1-12-9-6-7(4-5-8(9)11)10(13-2)14-3/h4-6H,1-3H3. The Kier molecular flexibility index (Phi) is 3.91. The largest absolute Gasteiger partial charge is 0.494 e. The molecule has 0 aliphatic rings. The highest BCUT2D eigenvalue weighted by Gasteiger charge is 2.19. The Morgan fingerprint density at radius 3 is 2.29 bits per heavy atom. The molecule has 1 aromatic carbocycles. The van der Waals surface area contributed by atoms with Gasteiger partial charge in [-0.15, -0.1) is 0 Å². The highest BCUT2D eigenvalue weighted by Crippen LogP contribution is 2.13. The molecule has 0 N–H and O–H groups in total. The van der Waals surface area contributed by atoms with Crippen molar-refractivity contribution in [1.82, 2.24) is 0 Å². The second kappa shape index (κ2) is 4.98. The average Bonchev–Trinajstić information content (AvgIpc) is 2.22. The molecule has 14 heavy (non-hydrogen) atoms. The van der Waals surface area contributed by atoms with Crippen molar-refractivity contribution in [3.8, 4) is 5.75 Å². The molecule has 0 heterocycles. The second-order valence-electron chi connectivity index (χ2n) is 2.70. The number of hydrogen-bond donors (Lipinski definition) is 0. The summed E-state index contributed by atoms with van der Waals surface area (Å²) in [5.74, 6) is -0.219. The second-order valence-corrected chi connectivity index (χ2v) is 2.70. The maximum atomic E-state index is 13.0. The predicted octanol–water partition coefficient (Wildman–Crippen LogP) is 0.822. The van der Waals surface area contributed by atoms with Gasteiger partial charge in [0.2, 0.25) is 0 Å². The van der Waals surface area contributed by atoms with Crippen molar-refractivity contribution in [3.05, 3.63) is 24.0 Å². The smallest absolute Gasteiger partial charge is 0.493 e. The summed E-state index contributed by atoms with van der Waals surface area (Å²) in [5.41, 5.74) is 0.716. The van der Waals surface area contributed by atoms with Gasteiger partial charge >= 0.3 is 7.12 Å². The van der Waals surface area contributed by atoms with Gasteiger partial charge in [0.25, 0.3) is 0 Å². The van der Waals surface area contributed by atoms with E-state index in [-0.39, 0.29) is 5.75 Å². The van der Waals surface area contributed by atoms with Gasteiger partial charge in [0.1, 0.15) is 0 Å². The van der Waals surface area contributed by atoms with Gasteiger partial charge in [-0.05, 0) is 17.6 Å². The van der Waals surface area contributed by atoms with Gasteiger partial charge in [0.15, 0.2) is 11.6 Å². The topological polar surface area (TPSA) is 27.7 Å². The number of methoxy groups -OCH3 is 1. The zero-order valence-corrected chi connectivity index (χ0v) is 8.41. The molecule has 76 valence electrons. The molecule has 0 bridgehead atoms. The molecule has 0 aliphatic carbocycles. The van der Waals surface area contributed by atoms with Crippen molar-refractivity contribution in [2.45, 2.75) is 0 Å². The summed E-state index contributed by atoms with van der Waals surface area (Å²) in [6, 6.07) is 4.46. The van der Waals surface area contributed by atoms with Crippen molar-refractivity contribution >= 4 is 12.6 Å². The third-order valence-corrected chi connectivity index (χ3v) is 1.88. The first-order chi connectivity index (χ1) is 6.72. The highest BCUT2D eigenvalue weighted by atomic mass is 19.1. The summed E-state index contributed by atoms with van der Waals surface area (Å²) < 4.78 is 27.9. The normalized spacial score (nSPS) is 10.0. The molecule has 0 amide bonds. The average molecular weight is 198 g/mol. The Morgan fingerprint density at radius 2 is 1.79 bits per heavy atom. The van der Waals surface area contributed by atoms with Crippen LogP contribution in [0.4, 0.5) is 4.39 Å². The SMILES string of the molecule is COB(OC)c1ccc(F)c(OC)c1. The number of ether oxygens (including phenoxy) is 1. The number of halogens is 1. The molecule has 0 atom stereocenters. The van der Waals surface area contributed by atoms with Crippen molar-refractivity contribution < 1.29 is 18.4 Å². The van der Waals surface area contributed by atoms with E-state index < -0.39 is 12.9 Å². The third-order valence-electron chi connectivity index (χ3n) is 1.88. The first-order valence-electron chi connectivity index (χ1n) is 4.12. The van der Waals surface area contributed by atoms with Gasteiger partial charge in [-0.25, -0.2) is 4.39 Å². The van der Waals surface area contributed by atoms with Gasteiger partial charge < -0.3 is 14.0 Å². The molecule has 0 aliphatic heterocycles. The number of benzene rings is 1. The van der Waals surface area contributed by atoms with Crippen LogP contribution in [0.3, 0.4) is 0 Å². The van der Waals surface area contributed by atoms with Crippen molar-refractivity contribution in [1.29, 1.82) is 0 Å². The van der Waals surface area contributed by atoms with Crippen LogP contribution < -0.4 is 10.2 Å². The van der Waals surface area contributed by atoms with Crippen LogP contribution in [0.5, 0.6) is 5.75 Å². The molecule has 1 aromatic rings. The van der Waals surface area contributed by atoms with Crippen molar-refractivity contribution in [2.24, 2.45) is 0 Å². The zero-order valence-electron chi connectivity index (χ0n) is 8.41. The van der Waals surface area contributed by atoms with Gasteiger partial charge in [-0.2, -0.15) is 0 Å². The molecule has 0 fully saturated rings. The van der Waals surface area contributed by atoms with Crippen LogP contribution in [0.2, 0.25) is 0 Å². The lowest BCUT2D eigenvalue weighted by molar-refractivity contribution is 0.291. The molecule has 0 saturated carbocycles. The van der Waals surface area contributed by atoms with E-state index in [1.807, 2.05) is 0 Å². The van der Waals surface area contributed by atoms with Crippen LogP contribution in [0.25, 0.3) is 0 Å². The fourth-order valence-corrected chi connectivity index (χ4v) is 1.19. The minimum Gasteiger partial charge on any atom is -0.494 e. The van der Waals surface area contributed by atoms with Crippen LogP contribution in [-0.2, 0) is 9.31 Å². The van der Waals surface area contributed by atoms with Gasteiger partial charge in [0, 0.05) is 14.2 Å². The van der Waals surface area contributed by atoms with E-state index in [4.69, 9.17) is 14.0 Å². The number of hydrogen-bond acceptors (Lipinski definition) is 3. The molecule has 0 unspecified atom stereocenters. The minimum atomic E-state index is -0.496. The van der Waals surface area contributed by atoms with E-state index in [9.17, 15) is 4.39 Å². The summed E-state index contributed by atoms with van der Waals surface area (Å²) in [5, 5.41) is 0. The minimum absolute atomic E-state index is 0.182. The molecule has 0 saturated heterocycles. The molecule has 3 nitrogen and oxygen atoms in total. The summed E-state index contributed by atoms with van der Waals surface area (Å²) >= 11 is 0. The van der Waals surface area contributed by atoms with E-state index in [2.05, 4.69) is 0 Å². The van der Waals surface area contributed by atoms with Gasteiger partial charge in [0.05, 0.1) is 7.11 Å². The van der Waals surface area contributed by atoms with Crippen LogP contribution in [-0.4, -0.2) is 28.4 Å². The molecule has 0 aromatic heterocycles. The van der Waals surface area contributed by atoms with Crippen LogP contribution in [0.1, 0.15) is 0 Å². The van der Waals surface area contributed by atoms with E-state index in [0.29, 0.717) is 5.46 Å². The first kappa shape index (κ1) is 11.0. The molecular weight excluding hydrogens is 186 g/mol. The van der Waals surface area contributed by atoms with Gasteiger partial charge in [-0.3, -0.25) is 0 Å². The van der Waals surface area contributed by atoms with Crippen LogP contribution >= 0.6 is 0 Å². The molecule has 5 heteroatoms. The highest BCUT2D eigenvalue weighted by molar-refractivity contribution is 6.61. The van der Waals surface area contributed by atoms with E-state index >= 15 is 0 Å². The van der Waals surface area contributed by atoms with E-state index in [0.717, 1.165) is 0 Å². The predicted molar refractivity (Wildman–Crippen MR) is 52.4 cm³/mol. The Hall–Kier alpha value is -1.07. The Bertz CT molecular complexity index is 302. The van der Waals surface area contributed by atoms with Crippen molar-refractivity contribution in [2.75, 3.05) is 21.3 Å².